The fourth-order valence-corrected chi connectivity index (χ4v) is 2.12. The van der Waals surface area contributed by atoms with Gasteiger partial charge >= 0.3 is 5.97 Å². The van der Waals surface area contributed by atoms with Gasteiger partial charge in [-0.05, 0) is 45.9 Å². The number of rotatable bonds is 3. The minimum absolute atomic E-state index is 0.0503. The molecule has 0 saturated carbocycles. The number of aliphatic hydroxyl groups excluding tert-OH is 1. The molecule has 0 fully saturated rings. The molecule has 0 aliphatic carbocycles. The van der Waals surface area contributed by atoms with Crippen molar-refractivity contribution in [2.24, 2.45) is 0 Å². The van der Waals surface area contributed by atoms with Crippen molar-refractivity contribution in [1.29, 1.82) is 0 Å². The monoisotopic (exact) mass is 292 g/mol. The molecule has 1 aromatic carbocycles. The molecule has 0 radical (unpaired) electrons. The zero-order valence-electron chi connectivity index (χ0n) is 12.6. The highest BCUT2D eigenvalue weighted by molar-refractivity contribution is 5.85. The van der Waals surface area contributed by atoms with Gasteiger partial charge in [0.25, 0.3) is 0 Å². The van der Waals surface area contributed by atoms with Crippen molar-refractivity contribution in [3.63, 3.8) is 0 Å². The van der Waals surface area contributed by atoms with E-state index in [1.165, 1.54) is 16.8 Å². The van der Waals surface area contributed by atoms with Gasteiger partial charge in [0, 0.05) is 5.39 Å². The molecule has 1 atom stereocenters. The van der Waals surface area contributed by atoms with Crippen LogP contribution < -0.4 is 0 Å². The number of hydrogen-bond acceptors (Lipinski definition) is 5. The Labute approximate surface area is 123 Å². The Morgan fingerprint density at radius 3 is 2.67 bits per heavy atom. The largest absolute Gasteiger partial charge is 0.508 e. The number of phenolic OH excluding ortho intramolecular Hbond substituents is 1. The summed E-state index contributed by atoms with van der Waals surface area (Å²) in [7, 11) is 0. The molecule has 6 nitrogen and oxygen atoms in total. The van der Waals surface area contributed by atoms with E-state index >= 15 is 0 Å². The van der Waals surface area contributed by atoms with E-state index in [-0.39, 0.29) is 12.3 Å². The van der Waals surface area contributed by atoms with Crippen molar-refractivity contribution in [3.8, 4) is 5.75 Å². The van der Waals surface area contributed by atoms with Crippen LogP contribution in [0, 0.1) is 0 Å². The lowest BCUT2D eigenvalue weighted by Crippen LogP contribution is -2.26. The summed E-state index contributed by atoms with van der Waals surface area (Å²) in [6.07, 6.45) is -0.797. The molecule has 1 unspecified atom stereocenters. The number of nitrogens with zero attached hydrogens (tertiary/aromatic N) is 2. The zero-order valence-corrected chi connectivity index (χ0v) is 12.6. The van der Waals surface area contributed by atoms with Gasteiger partial charge in [0.15, 0.2) is 0 Å². The number of fused-ring (bicyclic) bond motifs is 1. The highest BCUT2D eigenvalue weighted by Gasteiger charge is 2.20. The maximum Gasteiger partial charge on any atom is 0.328 e. The lowest BCUT2D eigenvalue weighted by atomic mass is 10.1. The number of ether oxygens (including phenoxy) is 1. The van der Waals surface area contributed by atoms with Crippen molar-refractivity contribution in [1.82, 2.24) is 9.78 Å². The van der Waals surface area contributed by atoms with Crippen molar-refractivity contribution >= 4 is 16.9 Å². The van der Waals surface area contributed by atoms with Crippen molar-refractivity contribution in [2.75, 3.05) is 0 Å². The maximum absolute atomic E-state index is 11.9. The van der Waals surface area contributed by atoms with E-state index in [0.717, 1.165) is 0 Å². The van der Waals surface area contributed by atoms with Crippen molar-refractivity contribution in [2.45, 2.75) is 45.9 Å². The quantitative estimate of drug-likeness (QED) is 0.847. The highest BCUT2D eigenvalue weighted by Crippen LogP contribution is 2.27. The van der Waals surface area contributed by atoms with Crippen LogP contribution in [0.5, 0.6) is 5.75 Å². The van der Waals surface area contributed by atoms with E-state index < -0.39 is 17.7 Å². The van der Waals surface area contributed by atoms with Crippen LogP contribution >= 0.6 is 0 Å². The fourth-order valence-electron chi connectivity index (χ4n) is 2.12. The standard InChI is InChI=1S/C15H20N2O4/c1-9(18)14-11-7-10(19)5-6-12(11)17(16-14)8-13(20)21-15(2,3)4/h5-7,9,18-19H,8H2,1-4H3. The normalized spacial score (nSPS) is 13.4. The maximum atomic E-state index is 11.9. The molecule has 0 aliphatic rings. The van der Waals surface area contributed by atoms with Gasteiger partial charge in [0.1, 0.15) is 17.9 Å². The lowest BCUT2D eigenvalue weighted by Gasteiger charge is -2.19. The first kappa shape index (κ1) is 15.3. The summed E-state index contributed by atoms with van der Waals surface area (Å²) in [4.78, 5) is 11.9. The number of hydrogen-bond donors (Lipinski definition) is 2. The Morgan fingerprint density at radius 1 is 1.43 bits per heavy atom. The number of aromatic hydroxyl groups is 1. The van der Waals surface area contributed by atoms with Crippen LogP contribution in [-0.2, 0) is 16.1 Å². The third kappa shape index (κ3) is 3.52. The van der Waals surface area contributed by atoms with Gasteiger partial charge in [0.05, 0.1) is 17.3 Å². The van der Waals surface area contributed by atoms with Crippen LogP contribution in [0.2, 0.25) is 0 Å². The summed E-state index contributed by atoms with van der Waals surface area (Å²) in [6, 6.07) is 4.70. The van der Waals surface area contributed by atoms with Crippen LogP contribution in [0.1, 0.15) is 39.5 Å². The molecule has 2 aromatic rings. The molecule has 1 aromatic heterocycles. The second kappa shape index (κ2) is 5.37. The number of phenols is 1. The Morgan fingerprint density at radius 2 is 2.10 bits per heavy atom. The average molecular weight is 292 g/mol. The Hall–Kier alpha value is -2.08. The van der Waals surface area contributed by atoms with Gasteiger partial charge in [-0.2, -0.15) is 5.10 Å². The number of esters is 1. The summed E-state index contributed by atoms with van der Waals surface area (Å²) < 4.78 is 6.75. The molecule has 6 heteroatoms. The fraction of sp³-hybridized carbons (Fsp3) is 0.467. The van der Waals surface area contributed by atoms with Gasteiger partial charge in [0.2, 0.25) is 0 Å². The summed E-state index contributed by atoms with van der Waals surface area (Å²) in [5, 5.41) is 24.2. The predicted octanol–water partition coefficient (Wildman–Crippen LogP) is 2.14. The predicted molar refractivity (Wildman–Crippen MR) is 77.9 cm³/mol. The molecule has 0 amide bonds. The smallest absolute Gasteiger partial charge is 0.328 e. The Kier molecular flexibility index (Phi) is 3.91. The summed E-state index contributed by atoms with van der Waals surface area (Å²) in [5.41, 5.74) is 0.518. The Balaban J connectivity index is 2.38. The average Bonchev–Trinajstić information content (AvgIpc) is 2.64. The first-order chi connectivity index (χ1) is 9.67. The van der Waals surface area contributed by atoms with E-state index in [0.29, 0.717) is 16.6 Å². The first-order valence-electron chi connectivity index (χ1n) is 6.77. The van der Waals surface area contributed by atoms with Crippen LogP contribution in [0.25, 0.3) is 10.9 Å². The van der Waals surface area contributed by atoms with Crippen molar-refractivity contribution < 1.29 is 19.7 Å². The highest BCUT2D eigenvalue weighted by atomic mass is 16.6. The third-order valence-electron chi connectivity index (χ3n) is 2.86. The van der Waals surface area contributed by atoms with E-state index in [9.17, 15) is 15.0 Å². The molecule has 2 rings (SSSR count). The Bertz CT molecular complexity index is 668. The van der Waals surface area contributed by atoms with Crippen molar-refractivity contribution in [3.05, 3.63) is 23.9 Å². The SMILES string of the molecule is CC(O)c1nn(CC(=O)OC(C)(C)C)c2ccc(O)cc12. The van der Waals surface area contributed by atoms with Gasteiger partial charge in [-0.25, -0.2) is 0 Å². The second-order valence-corrected chi connectivity index (χ2v) is 6.01. The number of aliphatic hydroxyl groups is 1. The van der Waals surface area contributed by atoms with Crippen LogP contribution in [0.4, 0.5) is 0 Å². The molecule has 0 saturated heterocycles. The summed E-state index contributed by atoms with van der Waals surface area (Å²) >= 11 is 0. The molecule has 2 N–H and O–H groups in total. The van der Waals surface area contributed by atoms with Gasteiger partial charge in [-0.1, -0.05) is 0 Å². The molecule has 21 heavy (non-hydrogen) atoms. The van der Waals surface area contributed by atoms with Crippen LogP contribution in [0.15, 0.2) is 18.2 Å². The van der Waals surface area contributed by atoms with Crippen LogP contribution in [-0.4, -0.2) is 31.6 Å². The lowest BCUT2D eigenvalue weighted by molar-refractivity contribution is -0.155. The number of benzene rings is 1. The summed E-state index contributed by atoms with van der Waals surface area (Å²) in [5.74, 6) is -0.321. The van der Waals surface area contributed by atoms with E-state index in [1.807, 2.05) is 0 Å². The molecule has 0 spiro atoms. The molecule has 0 bridgehead atoms. The molecular weight excluding hydrogens is 272 g/mol. The second-order valence-electron chi connectivity index (χ2n) is 6.01. The first-order valence-corrected chi connectivity index (χ1v) is 6.77. The van der Waals surface area contributed by atoms with E-state index in [4.69, 9.17) is 4.74 Å². The van der Waals surface area contributed by atoms with Gasteiger partial charge in [-0.3, -0.25) is 9.48 Å². The number of carbonyl (C=O) groups is 1. The molecule has 1 heterocycles. The van der Waals surface area contributed by atoms with Gasteiger partial charge < -0.3 is 14.9 Å². The minimum Gasteiger partial charge on any atom is -0.508 e. The topological polar surface area (TPSA) is 84.6 Å². The zero-order chi connectivity index (χ0) is 15.8. The molecule has 0 aliphatic heterocycles. The van der Waals surface area contributed by atoms with Crippen LogP contribution in [0.3, 0.4) is 0 Å². The number of aromatic nitrogens is 2. The minimum atomic E-state index is -0.797. The van der Waals surface area contributed by atoms with Gasteiger partial charge in [-0.15, -0.1) is 0 Å². The molecule has 114 valence electrons. The van der Waals surface area contributed by atoms with E-state index in [1.54, 1.807) is 33.8 Å². The molecular formula is C15H20N2O4. The summed E-state index contributed by atoms with van der Waals surface area (Å²) in [6.45, 7) is 6.93. The number of carbonyl (C=O) groups excluding carboxylic acids is 1. The third-order valence-corrected chi connectivity index (χ3v) is 2.86. The van der Waals surface area contributed by atoms with E-state index in [2.05, 4.69) is 5.10 Å².